The topological polar surface area (TPSA) is 0 Å². The minimum atomic E-state index is 1.27. The molecular weight excluding hydrogens is 347 g/mol. The lowest BCUT2D eigenvalue weighted by molar-refractivity contribution is 1.69. The maximum atomic E-state index is 2.37. The number of hydrogen-bond acceptors (Lipinski definition) is 0. The van der Waals surface area contributed by atoms with Gasteiger partial charge >= 0.3 is 0 Å². The van der Waals surface area contributed by atoms with Crippen LogP contribution in [-0.4, -0.2) is 7.85 Å². The Kier molecular flexibility index (Phi) is 3.51. The molecule has 0 atom stereocenters. The molecule has 0 aliphatic carbocycles. The third-order valence-electron chi connectivity index (χ3n) is 6.18. The zero-order valence-corrected chi connectivity index (χ0v) is 16.3. The van der Waals surface area contributed by atoms with E-state index in [1.54, 1.807) is 0 Å². The van der Waals surface area contributed by atoms with Crippen LogP contribution in [0.3, 0.4) is 0 Å². The molecule has 29 heavy (non-hydrogen) atoms. The SMILES string of the molecule is Bc1c2cc3ccccc3cc2c(-c2ccccc2)c2cc3ccccc3cc12. The number of rotatable bonds is 1. The van der Waals surface area contributed by atoms with Crippen LogP contribution < -0.4 is 5.46 Å². The van der Waals surface area contributed by atoms with Crippen molar-refractivity contribution in [1.82, 2.24) is 0 Å². The molecule has 0 spiro atoms. The summed E-state index contributed by atoms with van der Waals surface area (Å²) in [5.74, 6) is 0. The van der Waals surface area contributed by atoms with E-state index >= 15 is 0 Å². The largest absolute Gasteiger partial charge is 0.140 e. The highest BCUT2D eigenvalue weighted by Crippen LogP contribution is 2.38. The third kappa shape index (κ3) is 2.48. The van der Waals surface area contributed by atoms with E-state index < -0.39 is 0 Å². The number of fused-ring (bicyclic) bond motifs is 4. The maximum Gasteiger partial charge on any atom is 0.140 e. The molecular formula is C28H19B. The molecule has 0 N–H and O–H groups in total. The van der Waals surface area contributed by atoms with Gasteiger partial charge in [0.15, 0.2) is 0 Å². The first kappa shape index (κ1) is 16.4. The first-order chi connectivity index (χ1) is 14.3. The molecule has 0 saturated heterocycles. The zero-order valence-electron chi connectivity index (χ0n) is 16.3. The summed E-state index contributed by atoms with van der Waals surface area (Å²) in [6, 6.07) is 37.6. The molecule has 1 heteroatoms. The van der Waals surface area contributed by atoms with Gasteiger partial charge in [-0.05, 0) is 78.5 Å². The first-order valence-corrected chi connectivity index (χ1v) is 10.1. The molecule has 0 aromatic heterocycles. The minimum Gasteiger partial charge on any atom is -0.0735 e. The molecule has 6 aromatic carbocycles. The van der Waals surface area contributed by atoms with Crippen LogP contribution in [0.2, 0.25) is 0 Å². The number of hydrogen-bond donors (Lipinski definition) is 0. The van der Waals surface area contributed by atoms with E-state index in [4.69, 9.17) is 0 Å². The van der Waals surface area contributed by atoms with Crippen molar-refractivity contribution in [1.29, 1.82) is 0 Å². The van der Waals surface area contributed by atoms with Gasteiger partial charge in [0.05, 0.1) is 0 Å². The molecule has 0 fully saturated rings. The Morgan fingerprint density at radius 2 is 0.793 bits per heavy atom. The molecule has 0 saturated carbocycles. The molecule has 0 heterocycles. The van der Waals surface area contributed by atoms with Gasteiger partial charge in [-0.15, -0.1) is 0 Å². The van der Waals surface area contributed by atoms with Gasteiger partial charge in [-0.25, -0.2) is 0 Å². The van der Waals surface area contributed by atoms with E-state index in [1.807, 2.05) is 0 Å². The highest BCUT2D eigenvalue weighted by Gasteiger charge is 2.14. The molecule has 134 valence electrons. The van der Waals surface area contributed by atoms with Crippen LogP contribution in [0.4, 0.5) is 0 Å². The van der Waals surface area contributed by atoms with Crippen molar-refractivity contribution in [2.24, 2.45) is 0 Å². The summed E-state index contributed by atoms with van der Waals surface area (Å²) in [6.07, 6.45) is 0. The van der Waals surface area contributed by atoms with E-state index in [1.165, 1.54) is 59.7 Å². The lowest BCUT2D eigenvalue weighted by atomic mass is 9.79. The lowest BCUT2D eigenvalue weighted by Gasteiger charge is -2.17. The second kappa shape index (κ2) is 6.22. The molecule has 0 nitrogen and oxygen atoms in total. The highest BCUT2D eigenvalue weighted by atomic mass is 14.2. The summed E-state index contributed by atoms with van der Waals surface area (Å²) in [5, 5.41) is 10.5. The fourth-order valence-corrected chi connectivity index (χ4v) is 4.72. The summed E-state index contributed by atoms with van der Waals surface area (Å²) in [4.78, 5) is 0. The summed E-state index contributed by atoms with van der Waals surface area (Å²) >= 11 is 0. The third-order valence-corrected chi connectivity index (χ3v) is 6.18. The molecule has 6 rings (SSSR count). The van der Waals surface area contributed by atoms with Crippen molar-refractivity contribution >= 4 is 56.4 Å². The second-order valence-electron chi connectivity index (χ2n) is 7.86. The Labute approximate surface area is 170 Å². The fourth-order valence-electron chi connectivity index (χ4n) is 4.72. The average Bonchev–Trinajstić information content (AvgIpc) is 2.78. The minimum absolute atomic E-state index is 1.27. The highest BCUT2D eigenvalue weighted by molar-refractivity contribution is 6.47. The van der Waals surface area contributed by atoms with Crippen LogP contribution in [0, 0.1) is 0 Å². The maximum absolute atomic E-state index is 2.37. The van der Waals surface area contributed by atoms with Crippen molar-refractivity contribution in [3.05, 3.63) is 103 Å². The molecule has 0 radical (unpaired) electrons. The Balaban J connectivity index is 1.90. The molecule has 6 aromatic rings. The van der Waals surface area contributed by atoms with Gasteiger partial charge in [-0.1, -0.05) is 84.3 Å². The first-order valence-electron chi connectivity index (χ1n) is 10.1. The van der Waals surface area contributed by atoms with Crippen molar-refractivity contribution in [3.63, 3.8) is 0 Å². The van der Waals surface area contributed by atoms with E-state index in [2.05, 4.69) is 111 Å². The Morgan fingerprint density at radius 3 is 1.24 bits per heavy atom. The summed E-state index contributed by atoms with van der Waals surface area (Å²) < 4.78 is 0. The van der Waals surface area contributed by atoms with Crippen LogP contribution in [0.25, 0.3) is 54.2 Å². The van der Waals surface area contributed by atoms with Gasteiger partial charge in [0.2, 0.25) is 0 Å². The van der Waals surface area contributed by atoms with Crippen LogP contribution in [0.1, 0.15) is 0 Å². The van der Waals surface area contributed by atoms with Crippen molar-refractivity contribution in [2.75, 3.05) is 0 Å². The van der Waals surface area contributed by atoms with Gasteiger partial charge in [0, 0.05) is 0 Å². The van der Waals surface area contributed by atoms with Gasteiger partial charge < -0.3 is 0 Å². The average molecular weight is 366 g/mol. The van der Waals surface area contributed by atoms with E-state index in [9.17, 15) is 0 Å². The smallest absolute Gasteiger partial charge is 0.0735 e. The van der Waals surface area contributed by atoms with Crippen molar-refractivity contribution in [2.45, 2.75) is 0 Å². The van der Waals surface area contributed by atoms with E-state index in [-0.39, 0.29) is 0 Å². The molecule has 0 unspecified atom stereocenters. The Hall–Kier alpha value is -3.58. The van der Waals surface area contributed by atoms with Gasteiger partial charge in [-0.2, -0.15) is 0 Å². The van der Waals surface area contributed by atoms with E-state index in [0.29, 0.717) is 0 Å². The summed E-state index contributed by atoms with van der Waals surface area (Å²) in [7, 11) is 2.27. The van der Waals surface area contributed by atoms with Crippen LogP contribution in [0.5, 0.6) is 0 Å². The Morgan fingerprint density at radius 1 is 0.414 bits per heavy atom. The summed E-state index contributed by atoms with van der Waals surface area (Å²) in [5.41, 5.74) is 3.96. The van der Waals surface area contributed by atoms with Gasteiger partial charge in [0.25, 0.3) is 0 Å². The predicted molar refractivity (Wildman–Crippen MR) is 130 cm³/mol. The summed E-state index contributed by atoms with van der Waals surface area (Å²) in [6.45, 7) is 0. The molecule has 0 aliphatic heterocycles. The predicted octanol–water partition coefficient (Wildman–Crippen LogP) is 6.22. The van der Waals surface area contributed by atoms with Gasteiger partial charge in [-0.3, -0.25) is 0 Å². The van der Waals surface area contributed by atoms with Crippen LogP contribution in [-0.2, 0) is 0 Å². The quantitative estimate of drug-likeness (QED) is 0.239. The normalized spacial score (nSPS) is 11.6. The van der Waals surface area contributed by atoms with E-state index in [0.717, 1.165) is 0 Å². The fraction of sp³-hybridized carbons (Fsp3) is 0. The zero-order chi connectivity index (χ0) is 19.4. The number of benzene rings is 6. The Bertz CT molecular complexity index is 1450. The second-order valence-corrected chi connectivity index (χ2v) is 7.86. The van der Waals surface area contributed by atoms with Gasteiger partial charge in [0.1, 0.15) is 7.85 Å². The molecule has 0 bridgehead atoms. The van der Waals surface area contributed by atoms with Crippen LogP contribution >= 0.6 is 0 Å². The molecule has 0 aliphatic rings. The monoisotopic (exact) mass is 366 g/mol. The lowest BCUT2D eigenvalue weighted by Crippen LogP contribution is -2.07. The van der Waals surface area contributed by atoms with Crippen LogP contribution in [0.15, 0.2) is 103 Å². The van der Waals surface area contributed by atoms with Crippen molar-refractivity contribution < 1.29 is 0 Å². The van der Waals surface area contributed by atoms with Crippen molar-refractivity contribution in [3.8, 4) is 11.1 Å². The standard InChI is InChI=1S/C28H19B/c29-28-25-16-21-12-6-4-10-19(21)14-23(25)27(18-8-2-1-3-9-18)24-15-20-11-5-7-13-22(20)17-26(24)28/h1-17H,29H2. The molecule has 0 amide bonds.